The van der Waals surface area contributed by atoms with Gasteiger partial charge in [-0.15, -0.1) is 0 Å². The van der Waals surface area contributed by atoms with Crippen molar-refractivity contribution in [2.75, 3.05) is 39.3 Å². The van der Waals surface area contributed by atoms with Gasteiger partial charge in [0.25, 0.3) is 5.91 Å². The van der Waals surface area contributed by atoms with Crippen LogP contribution in [0.15, 0.2) is 53.4 Å². The summed E-state index contributed by atoms with van der Waals surface area (Å²) in [6.07, 6.45) is -0.980. The van der Waals surface area contributed by atoms with E-state index < -0.39 is 22.0 Å². The molecule has 2 fully saturated rings. The molecule has 0 bridgehead atoms. The van der Waals surface area contributed by atoms with Gasteiger partial charge in [0.15, 0.2) is 0 Å². The lowest BCUT2D eigenvalue weighted by Crippen LogP contribution is -2.57. The maximum Gasteiger partial charge on any atom is 0.253 e. The fourth-order valence-corrected chi connectivity index (χ4v) is 5.91. The minimum atomic E-state index is -3.88. The van der Waals surface area contributed by atoms with Gasteiger partial charge < -0.3 is 14.5 Å². The number of rotatable bonds is 5. The number of nitrogens with zero attached hydrogens (tertiary/aromatic N) is 3. The number of benzene rings is 2. The zero-order valence-corrected chi connectivity index (χ0v) is 20.0. The van der Waals surface area contributed by atoms with Crippen molar-refractivity contribution < 1.29 is 22.7 Å². The van der Waals surface area contributed by atoms with Crippen LogP contribution in [0.4, 0.5) is 0 Å². The van der Waals surface area contributed by atoms with Crippen LogP contribution in [0.3, 0.4) is 0 Å². The lowest BCUT2D eigenvalue weighted by molar-refractivity contribution is -0.155. The molecule has 4 rings (SSSR count). The van der Waals surface area contributed by atoms with Crippen molar-refractivity contribution in [1.29, 1.82) is 0 Å². The van der Waals surface area contributed by atoms with Crippen molar-refractivity contribution in [3.8, 4) is 0 Å². The van der Waals surface area contributed by atoms with Gasteiger partial charge in [-0.25, -0.2) is 8.42 Å². The third-order valence-electron chi connectivity index (χ3n) is 5.68. The predicted molar refractivity (Wildman–Crippen MR) is 123 cm³/mol. The Balaban J connectivity index is 1.39. The Labute approximate surface area is 202 Å². The van der Waals surface area contributed by atoms with Crippen LogP contribution in [-0.4, -0.2) is 79.8 Å². The lowest BCUT2D eigenvalue weighted by atomic mass is 10.2. The zero-order valence-electron chi connectivity index (χ0n) is 17.7. The van der Waals surface area contributed by atoms with Crippen molar-refractivity contribution >= 4 is 45.0 Å². The minimum absolute atomic E-state index is 0.00856. The maximum absolute atomic E-state index is 13.0. The second kappa shape index (κ2) is 9.99. The van der Waals surface area contributed by atoms with Crippen LogP contribution in [-0.2, 0) is 30.9 Å². The average Bonchev–Trinajstić information content (AvgIpc) is 2.81. The lowest BCUT2D eigenvalue weighted by Gasteiger charge is -2.38. The van der Waals surface area contributed by atoms with Gasteiger partial charge in [0, 0.05) is 37.7 Å². The Morgan fingerprint density at radius 1 is 1.03 bits per heavy atom. The molecule has 176 valence electrons. The summed E-state index contributed by atoms with van der Waals surface area (Å²) >= 11 is 12.0. The van der Waals surface area contributed by atoms with Crippen LogP contribution in [0.1, 0.15) is 5.56 Å². The van der Waals surface area contributed by atoms with E-state index in [-0.39, 0.29) is 42.1 Å². The monoisotopic (exact) mass is 511 g/mol. The third kappa shape index (κ3) is 5.33. The van der Waals surface area contributed by atoms with Crippen LogP contribution < -0.4 is 0 Å². The molecule has 0 aromatic heterocycles. The average molecular weight is 512 g/mol. The first-order chi connectivity index (χ1) is 15.8. The van der Waals surface area contributed by atoms with Crippen LogP contribution in [0.2, 0.25) is 10.0 Å². The molecule has 2 saturated heterocycles. The first-order valence-electron chi connectivity index (χ1n) is 10.4. The molecular weight excluding hydrogens is 489 g/mol. The first kappa shape index (κ1) is 24.0. The maximum atomic E-state index is 13.0. The number of sulfonamides is 1. The van der Waals surface area contributed by atoms with E-state index in [1.54, 1.807) is 29.2 Å². The molecule has 2 heterocycles. The van der Waals surface area contributed by atoms with Gasteiger partial charge in [0.05, 0.1) is 18.2 Å². The highest BCUT2D eigenvalue weighted by Gasteiger charge is 2.38. The molecule has 0 spiro atoms. The Morgan fingerprint density at radius 3 is 2.45 bits per heavy atom. The van der Waals surface area contributed by atoms with E-state index in [4.69, 9.17) is 27.9 Å². The molecule has 2 amide bonds. The molecule has 0 saturated carbocycles. The van der Waals surface area contributed by atoms with E-state index in [1.165, 1.54) is 21.3 Å². The number of amides is 2. The molecule has 0 aliphatic carbocycles. The van der Waals surface area contributed by atoms with Crippen molar-refractivity contribution in [2.24, 2.45) is 0 Å². The topological polar surface area (TPSA) is 87.2 Å². The number of hydrogen-bond donors (Lipinski definition) is 0. The predicted octanol–water partition coefficient (Wildman–Crippen LogP) is 2.25. The van der Waals surface area contributed by atoms with Gasteiger partial charge in [-0.2, -0.15) is 4.31 Å². The van der Waals surface area contributed by atoms with E-state index in [1.807, 2.05) is 12.1 Å². The van der Waals surface area contributed by atoms with E-state index in [2.05, 4.69) is 0 Å². The van der Waals surface area contributed by atoms with Crippen LogP contribution >= 0.6 is 23.2 Å². The molecule has 0 radical (unpaired) electrons. The molecular formula is C22H23Cl2N3O5S. The smallest absolute Gasteiger partial charge is 0.253 e. The van der Waals surface area contributed by atoms with Crippen LogP contribution in [0, 0.1) is 0 Å². The first-order valence-corrected chi connectivity index (χ1v) is 12.6. The van der Waals surface area contributed by atoms with Crippen molar-refractivity contribution in [3.05, 3.63) is 64.1 Å². The SMILES string of the molecule is O=C1CN(C(=O)[C@@H]2CN(S(=O)(=O)c3ccccc3Cl)CCO2)CCN1Cc1ccc(Cl)cc1. The van der Waals surface area contributed by atoms with Crippen LogP contribution in [0.25, 0.3) is 0 Å². The number of morpholine rings is 1. The molecule has 11 heteroatoms. The quantitative estimate of drug-likeness (QED) is 0.614. The summed E-state index contributed by atoms with van der Waals surface area (Å²) in [5, 5.41) is 0.743. The van der Waals surface area contributed by atoms with Gasteiger partial charge in [0.1, 0.15) is 11.0 Å². The Bertz CT molecular complexity index is 1140. The van der Waals surface area contributed by atoms with Gasteiger partial charge in [0.2, 0.25) is 15.9 Å². The molecule has 2 aromatic rings. The Morgan fingerprint density at radius 2 is 1.76 bits per heavy atom. The molecule has 2 aliphatic heterocycles. The van der Waals surface area contributed by atoms with Crippen molar-refractivity contribution in [1.82, 2.24) is 14.1 Å². The van der Waals surface area contributed by atoms with Crippen molar-refractivity contribution in [3.63, 3.8) is 0 Å². The molecule has 0 N–H and O–H groups in total. The fraction of sp³-hybridized carbons (Fsp3) is 0.364. The fourth-order valence-electron chi connectivity index (χ4n) is 3.86. The summed E-state index contributed by atoms with van der Waals surface area (Å²) in [6.45, 7) is 1.13. The van der Waals surface area contributed by atoms with E-state index in [9.17, 15) is 18.0 Å². The largest absolute Gasteiger partial charge is 0.366 e. The molecule has 8 nitrogen and oxygen atoms in total. The zero-order chi connectivity index (χ0) is 23.6. The third-order valence-corrected chi connectivity index (χ3v) is 8.29. The van der Waals surface area contributed by atoms with Crippen molar-refractivity contribution in [2.45, 2.75) is 17.5 Å². The summed E-state index contributed by atoms with van der Waals surface area (Å²) in [5.74, 6) is -0.575. The number of hydrogen-bond acceptors (Lipinski definition) is 5. The standard InChI is InChI=1S/C22H23Cl2N3O5S/c23-17-7-5-16(6-8-17)13-25-9-10-26(15-21(25)28)22(29)19-14-27(11-12-32-19)33(30,31)20-4-2-1-3-18(20)24/h1-8,19H,9-15H2/t19-/m0/s1. The molecule has 2 aliphatic rings. The minimum Gasteiger partial charge on any atom is -0.366 e. The normalized spacial score (nSPS) is 20.2. The summed E-state index contributed by atoms with van der Waals surface area (Å²) in [6, 6.07) is 13.4. The second-order valence-corrected chi connectivity index (χ2v) is 10.6. The van der Waals surface area contributed by atoms with E-state index in [0.717, 1.165) is 5.56 Å². The van der Waals surface area contributed by atoms with Gasteiger partial charge >= 0.3 is 0 Å². The van der Waals surface area contributed by atoms with E-state index >= 15 is 0 Å². The highest BCUT2D eigenvalue weighted by molar-refractivity contribution is 7.89. The summed E-state index contributed by atoms with van der Waals surface area (Å²) in [5.41, 5.74) is 0.948. The van der Waals surface area contributed by atoms with E-state index in [0.29, 0.717) is 24.7 Å². The molecule has 0 unspecified atom stereocenters. The highest BCUT2D eigenvalue weighted by atomic mass is 35.5. The Hall–Kier alpha value is -2.17. The second-order valence-electron chi connectivity index (χ2n) is 7.85. The number of carbonyl (C=O) groups excluding carboxylic acids is 2. The molecule has 2 aromatic carbocycles. The number of carbonyl (C=O) groups is 2. The van der Waals surface area contributed by atoms with Gasteiger partial charge in [-0.05, 0) is 29.8 Å². The number of halogens is 2. The summed E-state index contributed by atoms with van der Waals surface area (Å²) < 4.78 is 32.9. The number of ether oxygens (including phenoxy) is 1. The highest BCUT2D eigenvalue weighted by Crippen LogP contribution is 2.26. The van der Waals surface area contributed by atoms with Gasteiger partial charge in [-0.1, -0.05) is 47.5 Å². The van der Waals surface area contributed by atoms with Gasteiger partial charge in [-0.3, -0.25) is 9.59 Å². The number of piperazine rings is 1. The molecule has 33 heavy (non-hydrogen) atoms. The summed E-state index contributed by atoms with van der Waals surface area (Å²) in [4.78, 5) is 28.8. The molecule has 1 atom stereocenters. The summed E-state index contributed by atoms with van der Waals surface area (Å²) in [7, 11) is -3.88. The Kier molecular flexibility index (Phi) is 7.25. The van der Waals surface area contributed by atoms with Crippen LogP contribution in [0.5, 0.6) is 0 Å².